The molecule has 0 fully saturated rings. The lowest BCUT2D eigenvalue weighted by Gasteiger charge is -2.12. The molecule has 0 aliphatic rings. The number of para-hydroxylation sites is 2. The third kappa shape index (κ3) is 5.47. The van der Waals surface area contributed by atoms with E-state index in [-0.39, 0.29) is 24.0 Å². The maximum absolute atomic E-state index is 12.7. The number of carbonyl (C=O) groups excluding carboxylic acids is 1. The lowest BCUT2D eigenvalue weighted by molar-refractivity contribution is -0.384. The quantitative estimate of drug-likeness (QED) is 0.155. The summed E-state index contributed by atoms with van der Waals surface area (Å²) in [7, 11) is 0. The van der Waals surface area contributed by atoms with E-state index in [1.807, 2.05) is 65.2 Å². The average Bonchev–Trinajstić information content (AvgIpc) is 3.35. The van der Waals surface area contributed by atoms with E-state index in [0.717, 1.165) is 16.6 Å². The second-order valence-corrected chi connectivity index (χ2v) is 9.23. The van der Waals surface area contributed by atoms with Crippen LogP contribution >= 0.6 is 11.8 Å². The van der Waals surface area contributed by atoms with E-state index in [0.29, 0.717) is 28.0 Å². The third-order valence-corrected chi connectivity index (χ3v) is 6.62. The van der Waals surface area contributed by atoms with Crippen molar-refractivity contribution < 1.29 is 14.5 Å². The first-order chi connectivity index (χ1) is 18.5. The molecule has 11 heteroatoms. The Balaban J connectivity index is 1.33. The molecule has 0 unspecified atom stereocenters. The molecule has 1 amide bonds. The molecular weight excluding hydrogens is 504 g/mol. The number of non-ortho nitro benzene ring substituents is 1. The van der Waals surface area contributed by atoms with Crippen LogP contribution in [0, 0.1) is 17.0 Å². The summed E-state index contributed by atoms with van der Waals surface area (Å²) in [5, 5.41) is 23.9. The summed E-state index contributed by atoms with van der Waals surface area (Å²) < 4.78 is 7.96. The lowest BCUT2D eigenvalue weighted by Crippen LogP contribution is -2.15. The fourth-order valence-corrected chi connectivity index (χ4v) is 4.65. The van der Waals surface area contributed by atoms with Gasteiger partial charge in [0.05, 0.1) is 10.7 Å². The molecule has 2 heterocycles. The zero-order valence-corrected chi connectivity index (χ0v) is 21.1. The van der Waals surface area contributed by atoms with E-state index in [1.165, 1.54) is 30.0 Å². The van der Waals surface area contributed by atoms with Gasteiger partial charge >= 0.3 is 0 Å². The van der Waals surface area contributed by atoms with Gasteiger partial charge in [0.25, 0.3) is 5.69 Å². The van der Waals surface area contributed by atoms with Gasteiger partial charge in [0.1, 0.15) is 17.9 Å². The fraction of sp³-hybridized carbons (Fsp3) is 0.111. The number of pyridine rings is 1. The van der Waals surface area contributed by atoms with Crippen LogP contribution in [0.1, 0.15) is 11.4 Å². The Kier molecular flexibility index (Phi) is 7.27. The van der Waals surface area contributed by atoms with Crippen molar-refractivity contribution in [3.63, 3.8) is 0 Å². The number of ether oxygens (including phenoxy) is 1. The number of nitro benzene ring substituents is 1. The number of nitrogens with zero attached hydrogens (tertiary/aromatic N) is 5. The number of hydrogen-bond acceptors (Lipinski definition) is 8. The van der Waals surface area contributed by atoms with Gasteiger partial charge in [0, 0.05) is 35.1 Å². The molecule has 0 aliphatic heterocycles. The monoisotopic (exact) mass is 526 g/mol. The number of amides is 1. The number of nitro groups is 1. The molecule has 5 rings (SSSR count). The number of anilines is 1. The smallest absolute Gasteiger partial charge is 0.269 e. The van der Waals surface area contributed by atoms with Crippen LogP contribution in [0.2, 0.25) is 0 Å². The molecule has 0 atom stereocenters. The topological polar surface area (TPSA) is 125 Å². The van der Waals surface area contributed by atoms with Crippen molar-refractivity contribution in [1.29, 1.82) is 0 Å². The first-order valence-electron chi connectivity index (χ1n) is 11.6. The van der Waals surface area contributed by atoms with Gasteiger partial charge in [-0.1, -0.05) is 48.2 Å². The minimum absolute atomic E-state index is 0.0279. The summed E-state index contributed by atoms with van der Waals surface area (Å²) in [6, 6.07) is 23.5. The van der Waals surface area contributed by atoms with E-state index < -0.39 is 4.92 Å². The van der Waals surface area contributed by atoms with Crippen molar-refractivity contribution in [3.05, 3.63) is 107 Å². The molecule has 5 aromatic rings. The van der Waals surface area contributed by atoms with Gasteiger partial charge in [-0.15, -0.1) is 10.2 Å². The molecule has 0 aliphatic carbocycles. The Hall–Kier alpha value is -4.77. The first kappa shape index (κ1) is 24.9. The summed E-state index contributed by atoms with van der Waals surface area (Å²) in [4.78, 5) is 27.6. The van der Waals surface area contributed by atoms with Gasteiger partial charge in [-0.25, -0.2) is 0 Å². The number of benzene rings is 3. The minimum atomic E-state index is -0.469. The van der Waals surface area contributed by atoms with Gasteiger partial charge in [0.15, 0.2) is 11.0 Å². The van der Waals surface area contributed by atoms with Crippen LogP contribution in [0.5, 0.6) is 5.75 Å². The van der Waals surface area contributed by atoms with E-state index in [9.17, 15) is 14.9 Å². The zero-order valence-electron chi connectivity index (χ0n) is 20.3. The highest BCUT2D eigenvalue weighted by molar-refractivity contribution is 7.99. The number of aromatic nitrogens is 4. The van der Waals surface area contributed by atoms with Crippen LogP contribution in [-0.2, 0) is 11.4 Å². The molecule has 2 aromatic heterocycles. The molecule has 0 bridgehead atoms. The molecule has 190 valence electrons. The lowest BCUT2D eigenvalue weighted by atomic mass is 10.2. The molecule has 10 nitrogen and oxygen atoms in total. The number of nitrogens with one attached hydrogen (secondary N) is 1. The number of thioether (sulfide) groups is 1. The minimum Gasteiger partial charge on any atom is -0.483 e. The predicted octanol–water partition coefficient (Wildman–Crippen LogP) is 5.34. The molecular formula is C27H22N6O4S. The van der Waals surface area contributed by atoms with Crippen LogP contribution in [0.25, 0.3) is 16.6 Å². The van der Waals surface area contributed by atoms with Gasteiger partial charge in [-0.05, 0) is 42.8 Å². The van der Waals surface area contributed by atoms with Crippen molar-refractivity contribution in [1.82, 2.24) is 19.7 Å². The standard InChI is InChI=1S/C27H22N6O4S/c1-18-15-21(33(35)36)12-13-22(18)29-25(34)17-38-27-31-30-24(32(27)20-9-3-2-4-10-20)16-37-23-11-5-7-19-8-6-14-28-26(19)23/h2-15H,16-17H2,1H3,(H,29,34). The van der Waals surface area contributed by atoms with Crippen LogP contribution in [-0.4, -0.2) is 36.3 Å². The Morgan fingerprint density at radius 3 is 2.66 bits per heavy atom. The molecule has 0 spiro atoms. The largest absolute Gasteiger partial charge is 0.483 e. The zero-order chi connectivity index (χ0) is 26.5. The predicted molar refractivity (Wildman–Crippen MR) is 145 cm³/mol. The summed E-state index contributed by atoms with van der Waals surface area (Å²) in [5.41, 5.74) is 2.69. The first-order valence-corrected chi connectivity index (χ1v) is 12.6. The van der Waals surface area contributed by atoms with Crippen LogP contribution in [0.3, 0.4) is 0 Å². The Morgan fingerprint density at radius 1 is 1.05 bits per heavy atom. The van der Waals surface area contributed by atoms with Crippen LogP contribution < -0.4 is 10.1 Å². The Morgan fingerprint density at radius 2 is 1.87 bits per heavy atom. The van der Waals surface area contributed by atoms with Gasteiger partial charge in [0.2, 0.25) is 5.91 Å². The number of hydrogen-bond donors (Lipinski definition) is 1. The van der Waals surface area contributed by atoms with E-state index in [1.54, 1.807) is 13.1 Å². The van der Waals surface area contributed by atoms with Gasteiger partial charge in [-0.2, -0.15) is 0 Å². The van der Waals surface area contributed by atoms with Gasteiger partial charge < -0.3 is 10.1 Å². The van der Waals surface area contributed by atoms with Crippen molar-refractivity contribution in [2.45, 2.75) is 18.7 Å². The third-order valence-electron chi connectivity index (χ3n) is 5.69. The fourth-order valence-electron chi connectivity index (χ4n) is 3.88. The molecule has 0 radical (unpaired) electrons. The number of carbonyl (C=O) groups is 1. The Bertz CT molecular complexity index is 1620. The highest BCUT2D eigenvalue weighted by atomic mass is 32.2. The van der Waals surface area contributed by atoms with Crippen LogP contribution in [0.15, 0.2) is 90.2 Å². The highest BCUT2D eigenvalue weighted by Crippen LogP contribution is 2.27. The van der Waals surface area contributed by atoms with E-state index >= 15 is 0 Å². The molecule has 3 aromatic carbocycles. The number of fused-ring (bicyclic) bond motifs is 1. The maximum atomic E-state index is 12.7. The van der Waals surface area contributed by atoms with Crippen molar-refractivity contribution in [2.24, 2.45) is 0 Å². The van der Waals surface area contributed by atoms with E-state index in [2.05, 4.69) is 20.5 Å². The van der Waals surface area contributed by atoms with E-state index in [4.69, 9.17) is 4.74 Å². The Labute approximate surface area is 221 Å². The van der Waals surface area contributed by atoms with Crippen molar-refractivity contribution >= 4 is 39.9 Å². The number of aryl methyl sites for hydroxylation is 1. The normalized spacial score (nSPS) is 10.9. The second-order valence-electron chi connectivity index (χ2n) is 8.28. The van der Waals surface area contributed by atoms with Crippen molar-refractivity contribution in [2.75, 3.05) is 11.1 Å². The van der Waals surface area contributed by atoms with Crippen LogP contribution in [0.4, 0.5) is 11.4 Å². The summed E-state index contributed by atoms with van der Waals surface area (Å²) >= 11 is 1.23. The molecule has 0 saturated heterocycles. The van der Waals surface area contributed by atoms with Gasteiger partial charge in [-0.3, -0.25) is 24.5 Å². The highest BCUT2D eigenvalue weighted by Gasteiger charge is 2.18. The SMILES string of the molecule is Cc1cc([N+](=O)[O-])ccc1NC(=O)CSc1nnc(COc2cccc3cccnc23)n1-c1ccccc1. The average molecular weight is 527 g/mol. The van der Waals surface area contributed by atoms with Crippen molar-refractivity contribution in [3.8, 4) is 11.4 Å². The number of rotatable bonds is 9. The maximum Gasteiger partial charge on any atom is 0.269 e. The molecule has 0 saturated carbocycles. The second kappa shape index (κ2) is 11.1. The summed E-state index contributed by atoms with van der Waals surface area (Å²) in [6.45, 7) is 1.85. The molecule has 1 N–H and O–H groups in total. The summed E-state index contributed by atoms with van der Waals surface area (Å²) in [6.07, 6.45) is 1.72. The molecule has 38 heavy (non-hydrogen) atoms. The summed E-state index contributed by atoms with van der Waals surface area (Å²) in [5.74, 6) is 1.00.